The van der Waals surface area contributed by atoms with Crippen LogP contribution in [0.5, 0.6) is 5.75 Å². The molecule has 1 atom stereocenters. The first-order valence-electron chi connectivity index (χ1n) is 6.13. The van der Waals surface area contributed by atoms with Crippen molar-refractivity contribution in [2.45, 2.75) is 12.5 Å². The van der Waals surface area contributed by atoms with E-state index in [1.165, 1.54) is 0 Å². The minimum atomic E-state index is 0.216. The summed E-state index contributed by atoms with van der Waals surface area (Å²) in [6.07, 6.45) is 4.66. The average molecular weight is 245 g/mol. The third kappa shape index (κ3) is 3.11. The molecule has 0 saturated carbocycles. The summed E-state index contributed by atoms with van der Waals surface area (Å²) in [7, 11) is 3.95. The van der Waals surface area contributed by atoms with Crippen LogP contribution in [0.1, 0.15) is 18.3 Å². The van der Waals surface area contributed by atoms with Gasteiger partial charge in [0.15, 0.2) is 0 Å². The van der Waals surface area contributed by atoms with Crippen molar-refractivity contribution in [2.24, 2.45) is 7.05 Å². The van der Waals surface area contributed by atoms with Crippen LogP contribution in [0.3, 0.4) is 0 Å². The molecule has 2 rings (SSSR count). The van der Waals surface area contributed by atoms with E-state index in [9.17, 15) is 0 Å². The number of hydrogen-bond acceptors (Lipinski definition) is 3. The van der Waals surface area contributed by atoms with Crippen LogP contribution < -0.4 is 10.1 Å². The fraction of sp³-hybridized carbons (Fsp3) is 0.357. The third-order valence-corrected chi connectivity index (χ3v) is 2.94. The Hall–Kier alpha value is -1.81. The topological polar surface area (TPSA) is 39.1 Å². The molecule has 4 nitrogen and oxygen atoms in total. The molecule has 1 unspecified atom stereocenters. The van der Waals surface area contributed by atoms with Gasteiger partial charge < -0.3 is 14.6 Å². The van der Waals surface area contributed by atoms with Crippen molar-refractivity contribution in [3.63, 3.8) is 0 Å². The van der Waals surface area contributed by atoms with E-state index in [1.807, 2.05) is 61.4 Å². The fourth-order valence-electron chi connectivity index (χ4n) is 1.93. The lowest BCUT2D eigenvalue weighted by Gasteiger charge is -2.16. The molecule has 0 aliphatic rings. The Morgan fingerprint density at radius 3 is 2.72 bits per heavy atom. The first kappa shape index (κ1) is 12.6. The Bertz CT molecular complexity index is 467. The number of hydrogen-bond donors (Lipinski definition) is 1. The number of benzene rings is 1. The summed E-state index contributed by atoms with van der Waals surface area (Å²) in [5, 5.41) is 3.27. The Morgan fingerprint density at radius 1 is 1.33 bits per heavy atom. The van der Waals surface area contributed by atoms with Crippen molar-refractivity contribution in [3.05, 3.63) is 48.5 Å². The zero-order valence-electron chi connectivity index (χ0n) is 10.8. The smallest absolute Gasteiger partial charge is 0.125 e. The van der Waals surface area contributed by atoms with Gasteiger partial charge in [0.2, 0.25) is 0 Å². The van der Waals surface area contributed by atoms with E-state index in [0.717, 1.165) is 18.0 Å². The molecule has 1 heterocycles. The van der Waals surface area contributed by atoms with E-state index in [1.54, 1.807) is 0 Å². The van der Waals surface area contributed by atoms with Crippen molar-refractivity contribution in [1.29, 1.82) is 0 Å². The maximum absolute atomic E-state index is 5.70. The molecule has 0 saturated heterocycles. The van der Waals surface area contributed by atoms with Crippen LogP contribution in [-0.4, -0.2) is 23.2 Å². The highest BCUT2D eigenvalue weighted by Crippen LogP contribution is 2.15. The van der Waals surface area contributed by atoms with Gasteiger partial charge in [-0.1, -0.05) is 18.2 Å². The zero-order chi connectivity index (χ0) is 12.8. The molecule has 0 aliphatic carbocycles. The lowest BCUT2D eigenvalue weighted by Crippen LogP contribution is -2.22. The van der Waals surface area contributed by atoms with Gasteiger partial charge in [-0.25, -0.2) is 4.98 Å². The number of ether oxygens (including phenoxy) is 1. The lowest BCUT2D eigenvalue weighted by molar-refractivity contribution is 0.286. The van der Waals surface area contributed by atoms with E-state index >= 15 is 0 Å². The molecule has 2 aromatic rings. The van der Waals surface area contributed by atoms with Gasteiger partial charge in [0.05, 0.1) is 12.6 Å². The summed E-state index contributed by atoms with van der Waals surface area (Å²) in [5.74, 6) is 1.95. The predicted molar refractivity (Wildman–Crippen MR) is 71.6 cm³/mol. The minimum Gasteiger partial charge on any atom is -0.494 e. The molecule has 18 heavy (non-hydrogen) atoms. The molecule has 1 aromatic carbocycles. The average Bonchev–Trinajstić information content (AvgIpc) is 2.82. The Kier molecular flexibility index (Phi) is 4.36. The molecule has 0 aliphatic heterocycles. The third-order valence-electron chi connectivity index (χ3n) is 2.94. The van der Waals surface area contributed by atoms with Crippen LogP contribution in [-0.2, 0) is 7.05 Å². The van der Waals surface area contributed by atoms with Crippen LogP contribution >= 0.6 is 0 Å². The maximum atomic E-state index is 5.70. The van der Waals surface area contributed by atoms with Crippen LogP contribution in [0.2, 0.25) is 0 Å². The first-order chi connectivity index (χ1) is 8.81. The monoisotopic (exact) mass is 245 g/mol. The van der Waals surface area contributed by atoms with E-state index in [2.05, 4.69) is 10.3 Å². The van der Waals surface area contributed by atoms with E-state index in [4.69, 9.17) is 4.74 Å². The second kappa shape index (κ2) is 6.21. The van der Waals surface area contributed by atoms with Crippen molar-refractivity contribution in [3.8, 4) is 5.75 Å². The Morgan fingerprint density at radius 2 is 2.11 bits per heavy atom. The Labute approximate surface area is 108 Å². The highest BCUT2D eigenvalue weighted by atomic mass is 16.5. The SMILES string of the molecule is CNC(CCOc1ccccc1)c1nccn1C. The summed E-state index contributed by atoms with van der Waals surface area (Å²) in [6.45, 7) is 0.669. The number of imidazole rings is 1. The number of para-hydroxylation sites is 1. The van der Waals surface area contributed by atoms with Crippen molar-refractivity contribution in [2.75, 3.05) is 13.7 Å². The highest BCUT2D eigenvalue weighted by molar-refractivity contribution is 5.20. The summed E-state index contributed by atoms with van der Waals surface area (Å²) < 4.78 is 7.73. The van der Waals surface area contributed by atoms with Crippen molar-refractivity contribution < 1.29 is 4.74 Å². The molecule has 0 bridgehead atoms. The van der Waals surface area contributed by atoms with Crippen LogP contribution in [0.4, 0.5) is 0 Å². The molecule has 0 radical (unpaired) electrons. The molecule has 96 valence electrons. The van der Waals surface area contributed by atoms with Gasteiger partial charge >= 0.3 is 0 Å². The lowest BCUT2D eigenvalue weighted by atomic mass is 10.2. The quantitative estimate of drug-likeness (QED) is 0.847. The van der Waals surface area contributed by atoms with Gasteiger partial charge in [0.25, 0.3) is 0 Å². The molecule has 4 heteroatoms. The van der Waals surface area contributed by atoms with Gasteiger partial charge in [0.1, 0.15) is 11.6 Å². The Balaban J connectivity index is 1.87. The van der Waals surface area contributed by atoms with Gasteiger partial charge in [-0.05, 0) is 19.2 Å². The minimum absolute atomic E-state index is 0.216. The predicted octanol–water partition coefficient (Wildman–Crippen LogP) is 2.15. The number of rotatable bonds is 6. The molecule has 0 amide bonds. The zero-order valence-corrected chi connectivity index (χ0v) is 10.8. The maximum Gasteiger partial charge on any atom is 0.125 e. The molecular weight excluding hydrogens is 226 g/mol. The van der Waals surface area contributed by atoms with Gasteiger partial charge in [0, 0.05) is 25.9 Å². The highest BCUT2D eigenvalue weighted by Gasteiger charge is 2.13. The van der Waals surface area contributed by atoms with E-state index in [-0.39, 0.29) is 6.04 Å². The molecule has 1 N–H and O–H groups in total. The summed E-state index contributed by atoms with van der Waals surface area (Å²) in [6, 6.07) is 10.1. The van der Waals surface area contributed by atoms with E-state index in [0.29, 0.717) is 6.61 Å². The van der Waals surface area contributed by atoms with Crippen molar-refractivity contribution >= 4 is 0 Å². The summed E-state index contributed by atoms with van der Waals surface area (Å²) in [5.41, 5.74) is 0. The molecule has 1 aromatic heterocycles. The van der Waals surface area contributed by atoms with Crippen LogP contribution in [0, 0.1) is 0 Å². The van der Waals surface area contributed by atoms with E-state index < -0.39 is 0 Å². The summed E-state index contributed by atoms with van der Waals surface area (Å²) >= 11 is 0. The normalized spacial score (nSPS) is 12.3. The van der Waals surface area contributed by atoms with Gasteiger partial charge in [-0.15, -0.1) is 0 Å². The first-order valence-corrected chi connectivity index (χ1v) is 6.13. The molecule has 0 fully saturated rings. The van der Waals surface area contributed by atoms with Crippen LogP contribution in [0.25, 0.3) is 0 Å². The second-order valence-electron chi connectivity index (χ2n) is 4.19. The molecular formula is C14H19N3O. The van der Waals surface area contributed by atoms with Gasteiger partial charge in [-0.3, -0.25) is 0 Å². The largest absolute Gasteiger partial charge is 0.494 e. The summed E-state index contributed by atoms with van der Waals surface area (Å²) in [4.78, 5) is 4.36. The number of aryl methyl sites for hydroxylation is 1. The standard InChI is InChI=1S/C14H19N3O/c1-15-13(14-16-9-10-17(14)2)8-11-18-12-6-4-3-5-7-12/h3-7,9-10,13,15H,8,11H2,1-2H3. The van der Waals surface area contributed by atoms with Crippen molar-refractivity contribution in [1.82, 2.24) is 14.9 Å². The molecule has 0 spiro atoms. The number of aromatic nitrogens is 2. The second-order valence-corrected chi connectivity index (χ2v) is 4.19. The van der Waals surface area contributed by atoms with Crippen LogP contribution in [0.15, 0.2) is 42.7 Å². The number of nitrogens with zero attached hydrogens (tertiary/aromatic N) is 2. The van der Waals surface area contributed by atoms with Gasteiger partial charge in [-0.2, -0.15) is 0 Å². The fourth-order valence-corrected chi connectivity index (χ4v) is 1.93. The number of nitrogens with one attached hydrogen (secondary N) is 1.